The summed E-state index contributed by atoms with van der Waals surface area (Å²) in [5, 5.41) is 4.54. The van der Waals surface area contributed by atoms with Crippen LogP contribution in [0, 0.1) is 0 Å². The first-order chi connectivity index (χ1) is 9.35. The minimum Gasteiger partial charge on any atom is -0.329 e. The van der Waals surface area contributed by atoms with Crippen molar-refractivity contribution in [2.24, 2.45) is 7.05 Å². The minimum absolute atomic E-state index is 0.105. The molecule has 0 aliphatic rings. The summed E-state index contributed by atoms with van der Waals surface area (Å²) in [5.74, 6) is 0. The van der Waals surface area contributed by atoms with Gasteiger partial charge in [-0.1, -0.05) is 27.7 Å². The molecule has 3 nitrogen and oxygen atoms in total. The van der Waals surface area contributed by atoms with Gasteiger partial charge in [-0.3, -0.25) is 0 Å². The molecule has 0 fully saturated rings. The first kappa shape index (κ1) is 15.6. The van der Waals surface area contributed by atoms with E-state index in [1.807, 2.05) is 24.0 Å². The molecule has 1 aromatic heterocycles. The van der Waals surface area contributed by atoms with Crippen LogP contribution in [0.5, 0.6) is 0 Å². The maximum Gasteiger partial charge on any atom is 0.172 e. The molecule has 20 heavy (non-hydrogen) atoms. The summed E-state index contributed by atoms with van der Waals surface area (Å²) in [6.45, 7) is 7.37. The van der Waals surface area contributed by atoms with Crippen LogP contribution in [0.4, 0.5) is 0 Å². The summed E-state index contributed by atoms with van der Waals surface area (Å²) in [6, 6.07) is 6.39. The molecule has 0 amide bonds. The lowest BCUT2D eigenvalue weighted by Gasteiger charge is -2.21. The van der Waals surface area contributed by atoms with Gasteiger partial charge in [0.05, 0.1) is 0 Å². The van der Waals surface area contributed by atoms with Crippen molar-refractivity contribution in [1.29, 1.82) is 0 Å². The van der Waals surface area contributed by atoms with Crippen LogP contribution in [0.15, 0.2) is 45.1 Å². The van der Waals surface area contributed by atoms with Gasteiger partial charge in [0.2, 0.25) is 0 Å². The fourth-order valence-corrected chi connectivity index (χ4v) is 3.02. The maximum atomic E-state index is 4.38. The van der Waals surface area contributed by atoms with Gasteiger partial charge in [-0.2, -0.15) is 0 Å². The van der Waals surface area contributed by atoms with E-state index >= 15 is 0 Å². The molecule has 0 bridgehead atoms. The maximum absolute atomic E-state index is 4.38. The number of halogens is 1. The Morgan fingerprint density at radius 2 is 2.10 bits per heavy atom. The van der Waals surface area contributed by atoms with E-state index in [1.54, 1.807) is 11.8 Å². The first-order valence-corrected chi connectivity index (χ1v) is 8.15. The number of aryl methyl sites for hydroxylation is 1. The predicted molar refractivity (Wildman–Crippen MR) is 88.1 cm³/mol. The molecule has 0 saturated heterocycles. The zero-order chi connectivity index (χ0) is 14.8. The molecule has 0 radical (unpaired) electrons. The largest absolute Gasteiger partial charge is 0.329 e. The lowest BCUT2D eigenvalue weighted by molar-refractivity contribution is 0.422. The predicted octanol–water partition coefficient (Wildman–Crippen LogP) is 4.22. The highest BCUT2D eigenvalue weighted by Crippen LogP contribution is 2.31. The summed E-state index contributed by atoms with van der Waals surface area (Å²) < 4.78 is 3.14. The van der Waals surface area contributed by atoms with E-state index in [0.29, 0.717) is 0 Å². The van der Waals surface area contributed by atoms with Crippen molar-refractivity contribution in [3.8, 4) is 0 Å². The average molecular weight is 354 g/mol. The summed E-state index contributed by atoms with van der Waals surface area (Å²) in [6.07, 6.45) is 3.79. The SMILES string of the molecule is Cn1ccnc1Sc1ccc(Br)cc1CNC(C)(C)C. The van der Waals surface area contributed by atoms with Gasteiger partial charge in [-0.15, -0.1) is 0 Å². The molecule has 108 valence electrons. The lowest BCUT2D eigenvalue weighted by Crippen LogP contribution is -2.35. The van der Waals surface area contributed by atoms with Gasteiger partial charge >= 0.3 is 0 Å². The van der Waals surface area contributed by atoms with Crippen molar-refractivity contribution in [1.82, 2.24) is 14.9 Å². The van der Waals surface area contributed by atoms with Crippen molar-refractivity contribution in [2.45, 2.75) is 42.9 Å². The molecule has 1 N–H and O–H groups in total. The van der Waals surface area contributed by atoms with Crippen LogP contribution in [0.1, 0.15) is 26.3 Å². The van der Waals surface area contributed by atoms with Crippen LogP contribution in [0.2, 0.25) is 0 Å². The van der Waals surface area contributed by atoms with Crippen molar-refractivity contribution < 1.29 is 0 Å². The summed E-state index contributed by atoms with van der Waals surface area (Å²) in [7, 11) is 2.02. The second-order valence-corrected chi connectivity index (χ2v) is 7.70. The number of imidazole rings is 1. The topological polar surface area (TPSA) is 29.9 Å². The molecule has 1 aromatic carbocycles. The van der Waals surface area contributed by atoms with E-state index in [0.717, 1.165) is 16.2 Å². The second kappa shape index (κ2) is 6.33. The van der Waals surface area contributed by atoms with E-state index in [-0.39, 0.29) is 5.54 Å². The number of hydrogen-bond acceptors (Lipinski definition) is 3. The van der Waals surface area contributed by atoms with Crippen molar-refractivity contribution >= 4 is 27.7 Å². The van der Waals surface area contributed by atoms with Crippen LogP contribution >= 0.6 is 27.7 Å². The zero-order valence-electron chi connectivity index (χ0n) is 12.3. The van der Waals surface area contributed by atoms with E-state index in [1.165, 1.54) is 10.5 Å². The van der Waals surface area contributed by atoms with Gasteiger partial charge < -0.3 is 9.88 Å². The minimum atomic E-state index is 0.105. The van der Waals surface area contributed by atoms with Gasteiger partial charge in [-0.05, 0) is 44.5 Å². The number of hydrogen-bond donors (Lipinski definition) is 1. The quantitative estimate of drug-likeness (QED) is 0.892. The van der Waals surface area contributed by atoms with E-state index in [9.17, 15) is 0 Å². The lowest BCUT2D eigenvalue weighted by atomic mass is 10.1. The Balaban J connectivity index is 2.21. The molecule has 0 aliphatic carbocycles. The molecule has 0 saturated carbocycles. The van der Waals surface area contributed by atoms with E-state index < -0.39 is 0 Å². The monoisotopic (exact) mass is 353 g/mol. The molecule has 1 heterocycles. The standard InChI is InChI=1S/C15H20BrN3S/c1-15(2,3)18-10-11-9-12(16)5-6-13(11)20-14-17-7-8-19(14)4/h5-9,18H,10H2,1-4H3. The summed E-state index contributed by atoms with van der Waals surface area (Å²) in [4.78, 5) is 5.61. The number of rotatable bonds is 4. The summed E-state index contributed by atoms with van der Waals surface area (Å²) >= 11 is 5.25. The Morgan fingerprint density at radius 3 is 2.70 bits per heavy atom. The first-order valence-electron chi connectivity index (χ1n) is 6.54. The Morgan fingerprint density at radius 1 is 1.35 bits per heavy atom. The number of nitrogens with zero attached hydrogens (tertiary/aromatic N) is 2. The fourth-order valence-electron chi connectivity index (χ4n) is 1.69. The molecule has 0 unspecified atom stereocenters. The number of aromatic nitrogens is 2. The number of benzene rings is 1. The molecule has 0 spiro atoms. The molecule has 0 aliphatic heterocycles. The Kier molecular flexibility index (Phi) is 4.94. The molecule has 2 aromatic rings. The van der Waals surface area contributed by atoms with Crippen LogP contribution < -0.4 is 5.32 Å². The normalized spacial score (nSPS) is 11.8. The molecular weight excluding hydrogens is 334 g/mol. The van der Waals surface area contributed by atoms with E-state index in [2.05, 4.69) is 65.2 Å². The third-order valence-corrected chi connectivity index (χ3v) is 4.50. The third-order valence-electron chi connectivity index (χ3n) is 2.81. The number of nitrogens with one attached hydrogen (secondary N) is 1. The Labute approximate surface area is 133 Å². The van der Waals surface area contributed by atoms with Crippen LogP contribution in [-0.4, -0.2) is 15.1 Å². The highest BCUT2D eigenvalue weighted by Gasteiger charge is 2.12. The van der Waals surface area contributed by atoms with Gasteiger partial charge in [0.1, 0.15) is 0 Å². The van der Waals surface area contributed by atoms with Gasteiger partial charge in [0.25, 0.3) is 0 Å². The Hall–Kier alpha value is -0.780. The van der Waals surface area contributed by atoms with Crippen molar-refractivity contribution in [3.63, 3.8) is 0 Å². The molecule has 0 atom stereocenters. The third kappa shape index (κ3) is 4.36. The van der Waals surface area contributed by atoms with Crippen LogP contribution in [0.3, 0.4) is 0 Å². The summed E-state index contributed by atoms with van der Waals surface area (Å²) in [5.41, 5.74) is 1.38. The van der Waals surface area contributed by atoms with Gasteiger partial charge in [-0.25, -0.2) is 4.98 Å². The second-order valence-electron chi connectivity index (χ2n) is 5.78. The van der Waals surface area contributed by atoms with Crippen molar-refractivity contribution in [2.75, 3.05) is 0 Å². The molecular formula is C15H20BrN3S. The van der Waals surface area contributed by atoms with Crippen LogP contribution in [-0.2, 0) is 13.6 Å². The Bertz CT molecular complexity index is 587. The highest BCUT2D eigenvalue weighted by molar-refractivity contribution is 9.10. The average Bonchev–Trinajstić information content (AvgIpc) is 2.74. The van der Waals surface area contributed by atoms with Gasteiger partial charge in [0.15, 0.2) is 5.16 Å². The van der Waals surface area contributed by atoms with Crippen molar-refractivity contribution in [3.05, 3.63) is 40.6 Å². The zero-order valence-corrected chi connectivity index (χ0v) is 14.7. The smallest absolute Gasteiger partial charge is 0.172 e. The van der Waals surface area contributed by atoms with Gasteiger partial charge in [0, 0.05) is 40.9 Å². The molecule has 2 rings (SSSR count). The van der Waals surface area contributed by atoms with E-state index in [4.69, 9.17) is 0 Å². The van der Waals surface area contributed by atoms with Crippen LogP contribution in [0.25, 0.3) is 0 Å². The highest BCUT2D eigenvalue weighted by atomic mass is 79.9. The fraction of sp³-hybridized carbons (Fsp3) is 0.400. The molecule has 5 heteroatoms.